The normalized spacial score (nSPS) is 22.7. The number of benzene rings is 1. The zero-order valence-electron chi connectivity index (χ0n) is 15.8. The van der Waals surface area contributed by atoms with Crippen molar-refractivity contribution in [3.63, 3.8) is 0 Å². The van der Waals surface area contributed by atoms with Gasteiger partial charge in [0.1, 0.15) is 12.6 Å². The number of rotatable bonds is 3. The van der Waals surface area contributed by atoms with Crippen LogP contribution in [0.5, 0.6) is 0 Å². The molecule has 0 saturated carbocycles. The van der Waals surface area contributed by atoms with E-state index in [1.165, 1.54) is 9.80 Å². The molecule has 2 aliphatic rings. The first-order valence-electron chi connectivity index (χ1n) is 9.31. The number of nitrogens with zero attached hydrogens (tertiary/aromatic N) is 3. The zero-order chi connectivity index (χ0) is 20.1. The molecular weight excluding hydrogens is 366 g/mol. The van der Waals surface area contributed by atoms with Gasteiger partial charge in [0.05, 0.1) is 25.8 Å². The molecule has 0 unspecified atom stereocenters. The molecule has 1 aromatic rings. The molecule has 152 valence electrons. The van der Waals surface area contributed by atoms with Gasteiger partial charge in [0, 0.05) is 19.6 Å². The predicted octanol–water partition coefficient (Wildman–Crippen LogP) is 1.23. The van der Waals surface area contributed by atoms with Gasteiger partial charge >= 0.3 is 12.2 Å². The van der Waals surface area contributed by atoms with Crippen molar-refractivity contribution in [1.82, 2.24) is 14.7 Å². The Morgan fingerprint density at radius 3 is 2.43 bits per heavy atom. The summed E-state index contributed by atoms with van der Waals surface area (Å²) < 4.78 is 10.7. The number of amides is 3. The van der Waals surface area contributed by atoms with Gasteiger partial charge in [-0.15, -0.1) is 0 Å². The molecule has 2 heterocycles. The fourth-order valence-corrected chi connectivity index (χ4v) is 3.45. The Morgan fingerprint density at radius 2 is 1.79 bits per heavy atom. The van der Waals surface area contributed by atoms with Gasteiger partial charge in [0.2, 0.25) is 5.91 Å². The van der Waals surface area contributed by atoms with Crippen LogP contribution in [0.2, 0.25) is 0 Å². The van der Waals surface area contributed by atoms with E-state index in [0.29, 0.717) is 26.3 Å². The summed E-state index contributed by atoms with van der Waals surface area (Å²) in [5, 5.41) is 9.44. The minimum absolute atomic E-state index is 0.0763. The molecular formula is C19H25N3O6. The lowest BCUT2D eigenvalue weighted by Crippen LogP contribution is -2.65. The summed E-state index contributed by atoms with van der Waals surface area (Å²) in [6, 6.07) is 7.91. The van der Waals surface area contributed by atoms with Gasteiger partial charge in [0.15, 0.2) is 0 Å². The molecule has 9 heteroatoms. The summed E-state index contributed by atoms with van der Waals surface area (Å²) in [4.78, 5) is 41.5. The van der Waals surface area contributed by atoms with Crippen molar-refractivity contribution >= 4 is 18.1 Å². The van der Waals surface area contributed by atoms with E-state index in [-0.39, 0.29) is 25.6 Å². The molecule has 28 heavy (non-hydrogen) atoms. The highest BCUT2D eigenvalue weighted by Gasteiger charge is 2.42. The first-order valence-corrected chi connectivity index (χ1v) is 9.31. The molecule has 2 saturated heterocycles. The topological polar surface area (TPSA) is 99.6 Å². The van der Waals surface area contributed by atoms with Crippen molar-refractivity contribution in [2.24, 2.45) is 0 Å². The molecule has 3 amide bonds. The molecule has 1 aromatic carbocycles. The van der Waals surface area contributed by atoms with E-state index in [9.17, 15) is 19.5 Å². The highest BCUT2D eigenvalue weighted by Crippen LogP contribution is 2.20. The van der Waals surface area contributed by atoms with Gasteiger partial charge in [-0.25, -0.2) is 9.59 Å². The van der Waals surface area contributed by atoms with Crippen LogP contribution in [-0.4, -0.2) is 89.4 Å². The standard InChI is InChI=1S/C19H25N3O6/c1-14-11-22(19(26)28-13-15-5-3-2-4-6-15)16(12-21(14)18(24)25)17(23)20-7-9-27-10-8-20/h2-6,14,16H,7-13H2,1H3,(H,24,25)/t14-,16-/m1/s1. The lowest BCUT2D eigenvalue weighted by atomic mass is 10.1. The molecule has 0 aliphatic carbocycles. The van der Waals surface area contributed by atoms with Crippen LogP contribution in [0.25, 0.3) is 0 Å². The number of carboxylic acid groups (broad SMARTS) is 1. The number of morpholine rings is 1. The SMILES string of the molecule is C[C@@H]1CN(C(=O)OCc2ccccc2)[C@@H](C(=O)N2CCOCC2)CN1C(=O)O. The Hall–Kier alpha value is -2.81. The van der Waals surface area contributed by atoms with Gasteiger partial charge in [-0.05, 0) is 12.5 Å². The summed E-state index contributed by atoms with van der Waals surface area (Å²) in [6.45, 7) is 3.52. The number of hydrogen-bond donors (Lipinski definition) is 1. The first-order chi connectivity index (χ1) is 13.5. The predicted molar refractivity (Wildman–Crippen MR) is 98.7 cm³/mol. The minimum Gasteiger partial charge on any atom is -0.465 e. The Kier molecular flexibility index (Phi) is 6.35. The number of carbonyl (C=O) groups is 3. The fraction of sp³-hybridized carbons (Fsp3) is 0.526. The second-order valence-electron chi connectivity index (χ2n) is 6.93. The van der Waals surface area contributed by atoms with Crippen molar-refractivity contribution in [2.75, 3.05) is 39.4 Å². The Morgan fingerprint density at radius 1 is 1.11 bits per heavy atom. The van der Waals surface area contributed by atoms with Crippen molar-refractivity contribution in [1.29, 1.82) is 0 Å². The molecule has 0 spiro atoms. The summed E-state index contributed by atoms with van der Waals surface area (Å²) in [5.74, 6) is -0.280. The lowest BCUT2D eigenvalue weighted by molar-refractivity contribution is -0.143. The van der Waals surface area contributed by atoms with E-state index in [1.807, 2.05) is 30.3 Å². The van der Waals surface area contributed by atoms with E-state index >= 15 is 0 Å². The zero-order valence-corrected chi connectivity index (χ0v) is 15.8. The highest BCUT2D eigenvalue weighted by molar-refractivity contribution is 5.87. The quantitative estimate of drug-likeness (QED) is 0.832. The van der Waals surface area contributed by atoms with Crippen LogP contribution in [-0.2, 0) is 20.9 Å². The number of piperazine rings is 1. The van der Waals surface area contributed by atoms with Crippen LogP contribution in [0.3, 0.4) is 0 Å². The smallest absolute Gasteiger partial charge is 0.410 e. The van der Waals surface area contributed by atoms with E-state index in [2.05, 4.69) is 0 Å². The monoisotopic (exact) mass is 391 g/mol. The highest BCUT2D eigenvalue weighted by atomic mass is 16.6. The molecule has 0 aromatic heterocycles. The molecule has 2 atom stereocenters. The lowest BCUT2D eigenvalue weighted by Gasteiger charge is -2.44. The molecule has 2 fully saturated rings. The van der Waals surface area contributed by atoms with E-state index in [0.717, 1.165) is 5.56 Å². The van der Waals surface area contributed by atoms with Gasteiger partial charge in [-0.1, -0.05) is 30.3 Å². The van der Waals surface area contributed by atoms with Gasteiger partial charge in [0.25, 0.3) is 0 Å². The van der Waals surface area contributed by atoms with Gasteiger partial charge in [-0.3, -0.25) is 9.69 Å². The molecule has 1 N–H and O–H groups in total. The van der Waals surface area contributed by atoms with Crippen LogP contribution in [0.1, 0.15) is 12.5 Å². The summed E-state index contributed by atoms with van der Waals surface area (Å²) in [5.41, 5.74) is 0.837. The fourth-order valence-electron chi connectivity index (χ4n) is 3.45. The van der Waals surface area contributed by atoms with E-state index in [4.69, 9.17) is 9.47 Å². The summed E-state index contributed by atoms with van der Waals surface area (Å²) in [6.07, 6.45) is -1.73. The first kappa shape index (κ1) is 19.9. The minimum atomic E-state index is -1.11. The van der Waals surface area contributed by atoms with E-state index < -0.39 is 24.3 Å². The van der Waals surface area contributed by atoms with Crippen LogP contribution < -0.4 is 0 Å². The average molecular weight is 391 g/mol. The average Bonchev–Trinajstić information content (AvgIpc) is 2.72. The maximum absolute atomic E-state index is 13.0. The number of carbonyl (C=O) groups excluding carboxylic acids is 2. The van der Waals surface area contributed by atoms with E-state index in [1.54, 1.807) is 11.8 Å². The molecule has 0 radical (unpaired) electrons. The second kappa shape index (κ2) is 8.92. The van der Waals surface area contributed by atoms with Crippen molar-refractivity contribution in [3.05, 3.63) is 35.9 Å². The Bertz CT molecular complexity index is 707. The van der Waals surface area contributed by atoms with Crippen LogP contribution in [0.4, 0.5) is 9.59 Å². The van der Waals surface area contributed by atoms with Crippen molar-refractivity contribution < 1.29 is 29.0 Å². The van der Waals surface area contributed by atoms with Crippen LogP contribution in [0.15, 0.2) is 30.3 Å². The number of hydrogen-bond acceptors (Lipinski definition) is 5. The molecule has 0 bridgehead atoms. The summed E-state index contributed by atoms with van der Waals surface area (Å²) >= 11 is 0. The molecule has 9 nitrogen and oxygen atoms in total. The maximum atomic E-state index is 13.0. The maximum Gasteiger partial charge on any atom is 0.410 e. The van der Waals surface area contributed by atoms with Gasteiger partial charge in [-0.2, -0.15) is 0 Å². The van der Waals surface area contributed by atoms with Crippen molar-refractivity contribution in [2.45, 2.75) is 25.6 Å². The Labute approximate surface area is 163 Å². The van der Waals surface area contributed by atoms with Gasteiger partial charge < -0.3 is 24.4 Å². The third kappa shape index (κ3) is 4.53. The second-order valence-corrected chi connectivity index (χ2v) is 6.93. The largest absolute Gasteiger partial charge is 0.465 e. The Balaban J connectivity index is 1.73. The third-order valence-electron chi connectivity index (χ3n) is 5.03. The van der Waals surface area contributed by atoms with Crippen LogP contribution >= 0.6 is 0 Å². The number of ether oxygens (including phenoxy) is 2. The molecule has 3 rings (SSSR count). The van der Waals surface area contributed by atoms with Crippen LogP contribution in [0, 0.1) is 0 Å². The summed E-state index contributed by atoms with van der Waals surface area (Å²) in [7, 11) is 0. The molecule has 2 aliphatic heterocycles. The van der Waals surface area contributed by atoms with Crippen molar-refractivity contribution in [3.8, 4) is 0 Å². The third-order valence-corrected chi connectivity index (χ3v) is 5.03.